The summed E-state index contributed by atoms with van der Waals surface area (Å²) in [6.07, 6.45) is -8.54. The molecule has 16 heteroatoms. The summed E-state index contributed by atoms with van der Waals surface area (Å²) in [5.41, 5.74) is 1.05. The first-order valence-electron chi connectivity index (χ1n) is 20.3. The molecule has 0 aliphatic carbocycles. The number of nitrogens with two attached hydrogens (primary N) is 1. The number of esters is 2. The van der Waals surface area contributed by atoms with Gasteiger partial charge in [0.05, 0.1) is 42.5 Å². The largest absolute Gasteiger partial charge is 0.459 e. The number of carbonyl (C=O) groups is 2. The van der Waals surface area contributed by atoms with Gasteiger partial charge in [0.25, 0.3) is 0 Å². The maximum atomic E-state index is 14.3. The SMILES string of the molecule is CC[C@H]1OC(=O)[C@H](C)[C@@H](OC2C[C@@](C)(OC)[C@@H](OC(=O)CN)[C@H](C)O2)[C@H](C)[C@@H](O[C@@H]2O[C@H](C)C[C@H](N(C)C)[C@H]2O)[C@](C)(O)C[C@@H](C)CN(C)[C@H](C)[C@H](O)[C@]1(C)O. The second-order valence-corrected chi connectivity index (χ2v) is 17.8. The fraction of sp³-hybridized carbons (Fsp3) is 0.950. The predicted octanol–water partition coefficient (Wildman–Crippen LogP) is 1.41. The van der Waals surface area contributed by atoms with Crippen LogP contribution in [-0.2, 0) is 42.7 Å². The van der Waals surface area contributed by atoms with Gasteiger partial charge >= 0.3 is 11.9 Å². The van der Waals surface area contributed by atoms with E-state index in [1.165, 1.54) is 14.0 Å². The molecule has 6 N–H and O–H groups in total. The third-order valence-corrected chi connectivity index (χ3v) is 12.6. The minimum atomic E-state index is -1.83. The molecule has 0 radical (unpaired) electrons. The van der Waals surface area contributed by atoms with Crippen molar-refractivity contribution < 1.29 is 63.2 Å². The Labute approximate surface area is 334 Å². The molecule has 3 heterocycles. The van der Waals surface area contributed by atoms with E-state index in [-0.39, 0.29) is 43.9 Å². The van der Waals surface area contributed by atoms with Crippen molar-refractivity contribution in [1.82, 2.24) is 9.80 Å². The number of likely N-dealkylation sites (N-methyl/N-ethyl adjacent to an activating group) is 2. The van der Waals surface area contributed by atoms with E-state index >= 15 is 0 Å². The molecular formula is C40H75N3O13. The number of aliphatic hydroxyl groups excluding tert-OH is 2. The highest BCUT2D eigenvalue weighted by Gasteiger charge is 2.53. The summed E-state index contributed by atoms with van der Waals surface area (Å²) in [7, 11) is 7.08. The molecule has 0 amide bonds. The second-order valence-electron chi connectivity index (χ2n) is 17.8. The summed E-state index contributed by atoms with van der Waals surface area (Å²) in [6.45, 7) is 17.6. The molecule has 3 aliphatic heterocycles. The summed E-state index contributed by atoms with van der Waals surface area (Å²) < 4.78 is 43.7. The van der Waals surface area contributed by atoms with Crippen molar-refractivity contribution in [3.63, 3.8) is 0 Å². The van der Waals surface area contributed by atoms with E-state index in [0.717, 1.165) is 0 Å². The molecule has 0 aromatic rings. The standard InChI is InChI=1S/C40H75N3O13/c1-15-28-40(10,49)33(46)25(6)43(13)20-21(2)17-38(8,48)34(56-37-31(45)27(42(11)12)16-22(3)51-37)23(4)32(24(5)36(47)53-28)55-30-18-39(9,50-14)35(26(7)52-30)54-29(44)19-41/h21-28,30-35,37,45-46,48-49H,15-20,41H2,1-14H3/t21-,22-,23+,24-,25-,26+,27+,28-,30?,31-,32+,33+,34-,35+,37+,38-,39-,40-/m1/s1. The van der Waals surface area contributed by atoms with Crippen molar-refractivity contribution in [3.05, 3.63) is 0 Å². The van der Waals surface area contributed by atoms with Crippen LogP contribution in [0.15, 0.2) is 0 Å². The van der Waals surface area contributed by atoms with Crippen LogP contribution >= 0.6 is 0 Å². The van der Waals surface area contributed by atoms with Gasteiger partial charge in [-0.2, -0.15) is 0 Å². The van der Waals surface area contributed by atoms with Gasteiger partial charge in [-0.3, -0.25) is 9.59 Å². The van der Waals surface area contributed by atoms with E-state index in [4.69, 9.17) is 38.9 Å². The van der Waals surface area contributed by atoms with E-state index in [1.807, 2.05) is 44.8 Å². The average Bonchev–Trinajstić information content (AvgIpc) is 3.11. The van der Waals surface area contributed by atoms with E-state index in [1.54, 1.807) is 48.5 Å². The van der Waals surface area contributed by atoms with Crippen LogP contribution in [-0.4, -0.2) is 174 Å². The smallest absolute Gasteiger partial charge is 0.320 e. The van der Waals surface area contributed by atoms with Gasteiger partial charge in [-0.1, -0.05) is 20.8 Å². The number of methoxy groups -OCH3 is 1. The number of aliphatic hydroxyl groups is 4. The van der Waals surface area contributed by atoms with Crippen LogP contribution in [0.25, 0.3) is 0 Å². The number of hydrogen-bond donors (Lipinski definition) is 5. The molecule has 0 spiro atoms. The van der Waals surface area contributed by atoms with E-state index in [2.05, 4.69) is 0 Å². The molecule has 0 aromatic heterocycles. The zero-order valence-corrected chi connectivity index (χ0v) is 36.3. The second kappa shape index (κ2) is 19.7. The van der Waals surface area contributed by atoms with Gasteiger partial charge in [0, 0.05) is 38.1 Å². The first kappa shape index (κ1) is 48.8. The van der Waals surface area contributed by atoms with Gasteiger partial charge in [-0.15, -0.1) is 0 Å². The number of hydrogen-bond acceptors (Lipinski definition) is 16. The van der Waals surface area contributed by atoms with Crippen LogP contribution in [0.3, 0.4) is 0 Å². The lowest BCUT2D eigenvalue weighted by Gasteiger charge is -2.49. The molecule has 0 saturated carbocycles. The summed E-state index contributed by atoms with van der Waals surface area (Å²) in [6, 6.07) is -0.852. The summed E-state index contributed by atoms with van der Waals surface area (Å²) in [4.78, 5) is 30.4. The number of nitrogens with zero attached hydrogens (tertiary/aromatic N) is 2. The van der Waals surface area contributed by atoms with Gasteiger partial charge < -0.3 is 69.1 Å². The predicted molar refractivity (Wildman–Crippen MR) is 207 cm³/mol. The quantitative estimate of drug-likeness (QED) is 0.209. The van der Waals surface area contributed by atoms with Crippen LogP contribution in [0.4, 0.5) is 0 Å². The topological polar surface area (TPSA) is 212 Å². The molecule has 3 rings (SSSR count). The van der Waals surface area contributed by atoms with Gasteiger partial charge in [-0.25, -0.2) is 0 Å². The Morgan fingerprint density at radius 3 is 2.18 bits per heavy atom. The molecule has 0 bridgehead atoms. The lowest BCUT2D eigenvalue weighted by atomic mass is 9.77. The fourth-order valence-corrected chi connectivity index (χ4v) is 9.13. The van der Waals surface area contributed by atoms with E-state index in [9.17, 15) is 30.0 Å². The third kappa shape index (κ3) is 11.2. The molecule has 56 heavy (non-hydrogen) atoms. The molecule has 16 nitrogen and oxygen atoms in total. The Morgan fingerprint density at radius 1 is 1.00 bits per heavy atom. The fourth-order valence-electron chi connectivity index (χ4n) is 9.13. The molecule has 3 fully saturated rings. The van der Waals surface area contributed by atoms with Crippen molar-refractivity contribution in [2.45, 2.75) is 185 Å². The van der Waals surface area contributed by atoms with Crippen LogP contribution < -0.4 is 5.73 Å². The zero-order chi connectivity index (χ0) is 42.7. The first-order valence-corrected chi connectivity index (χ1v) is 20.3. The van der Waals surface area contributed by atoms with Crippen molar-refractivity contribution in [2.24, 2.45) is 23.5 Å². The van der Waals surface area contributed by atoms with E-state index < -0.39 is 102 Å². The first-order chi connectivity index (χ1) is 25.8. The number of rotatable bonds is 9. The molecule has 0 aromatic carbocycles. The number of ether oxygens (including phenoxy) is 7. The Balaban J connectivity index is 2.18. The Hall–Kier alpha value is -1.54. The van der Waals surface area contributed by atoms with Gasteiger partial charge in [0.2, 0.25) is 0 Å². The van der Waals surface area contributed by atoms with Gasteiger partial charge in [0.15, 0.2) is 18.7 Å². The highest BCUT2D eigenvalue weighted by Crippen LogP contribution is 2.41. The molecule has 3 aliphatic rings. The molecule has 1 unspecified atom stereocenters. The highest BCUT2D eigenvalue weighted by molar-refractivity contribution is 5.73. The maximum absolute atomic E-state index is 14.3. The zero-order valence-electron chi connectivity index (χ0n) is 36.3. The Bertz CT molecular complexity index is 1270. The van der Waals surface area contributed by atoms with E-state index in [0.29, 0.717) is 13.0 Å². The van der Waals surface area contributed by atoms with Crippen molar-refractivity contribution in [3.8, 4) is 0 Å². The lowest BCUT2D eigenvalue weighted by molar-refractivity contribution is -0.318. The van der Waals surface area contributed by atoms with Crippen LogP contribution in [0, 0.1) is 17.8 Å². The normalized spacial score (nSPS) is 46.8. The monoisotopic (exact) mass is 806 g/mol. The summed E-state index contributed by atoms with van der Waals surface area (Å²) in [5, 5.41) is 47.5. The maximum Gasteiger partial charge on any atom is 0.320 e. The summed E-state index contributed by atoms with van der Waals surface area (Å²) in [5.74, 6) is -3.35. The van der Waals surface area contributed by atoms with Gasteiger partial charge in [0.1, 0.15) is 29.5 Å². The lowest BCUT2D eigenvalue weighted by Crippen LogP contribution is -2.61. The van der Waals surface area contributed by atoms with Gasteiger partial charge in [-0.05, 0) is 94.8 Å². The minimum absolute atomic E-state index is 0.0789. The van der Waals surface area contributed by atoms with Crippen LogP contribution in [0.2, 0.25) is 0 Å². The molecule has 3 saturated heterocycles. The van der Waals surface area contributed by atoms with Crippen molar-refractivity contribution in [2.75, 3.05) is 41.3 Å². The third-order valence-electron chi connectivity index (χ3n) is 12.6. The number of carbonyl (C=O) groups excluding carboxylic acids is 2. The number of cyclic esters (lactones) is 1. The van der Waals surface area contributed by atoms with Crippen LogP contribution in [0.1, 0.15) is 94.9 Å². The van der Waals surface area contributed by atoms with Crippen molar-refractivity contribution in [1.29, 1.82) is 0 Å². The summed E-state index contributed by atoms with van der Waals surface area (Å²) >= 11 is 0. The molecular weight excluding hydrogens is 730 g/mol. The van der Waals surface area contributed by atoms with Crippen molar-refractivity contribution >= 4 is 11.9 Å². The Kier molecular flexibility index (Phi) is 17.2. The average molecular weight is 806 g/mol. The molecule has 18 atom stereocenters. The Morgan fingerprint density at radius 2 is 1.62 bits per heavy atom. The highest BCUT2D eigenvalue weighted by atomic mass is 16.7. The van der Waals surface area contributed by atoms with Crippen LogP contribution in [0.5, 0.6) is 0 Å². The molecule has 328 valence electrons. The minimum Gasteiger partial charge on any atom is -0.459 e.